The van der Waals surface area contributed by atoms with Gasteiger partial charge in [0, 0.05) is 44.1 Å². The number of rotatable bonds is 43. The lowest BCUT2D eigenvalue weighted by Crippen LogP contribution is -2.61. The van der Waals surface area contributed by atoms with Crippen LogP contribution < -0.4 is 76.9 Å². The second-order valence-corrected chi connectivity index (χ2v) is 21.8. The summed E-state index contributed by atoms with van der Waals surface area (Å²) in [5.74, 6) is -11.4. The minimum Gasteiger partial charge on any atom is -0.508 e. The van der Waals surface area contributed by atoms with Crippen molar-refractivity contribution in [3.05, 3.63) is 48.0 Å². The number of guanidine groups is 1. The number of nitrogens with one attached hydrogen (secondary N) is 9. The molecule has 31 nitrogen and oxygen atoms in total. The minimum absolute atomic E-state index is 0.000391. The van der Waals surface area contributed by atoms with Crippen molar-refractivity contribution in [2.45, 2.75) is 185 Å². The number of amides is 9. The van der Waals surface area contributed by atoms with Gasteiger partial charge >= 0.3 is 11.9 Å². The van der Waals surface area contributed by atoms with Crippen molar-refractivity contribution in [1.82, 2.24) is 52.5 Å². The molecule has 0 aliphatic rings. The lowest BCUT2D eigenvalue weighted by Gasteiger charge is -2.28. The zero-order valence-corrected chi connectivity index (χ0v) is 49.4. The number of nitrogens with zero attached hydrogens (tertiary/aromatic N) is 2. The SMILES string of the molecule is CC(C)C[C@H](NC(=O)[C@@H](N)CC(C)C)C(=O)N[C@@H](CCCN=C(N)N)C(=O)N[C@@H](CCC(=O)O)C(=O)N[C@@H](Cc1cnc[nH]1)C(=O)N[C@@H](Cc1ccc(O)cc1)C(=O)N[C@@H](CCC(N)=O)C(=O)N[C@@H](CCCCN)C(=O)N[C@@H](CCCCN)C(=O)O. The first-order chi connectivity index (χ1) is 40.6. The molecule has 9 atom stereocenters. The highest BCUT2D eigenvalue weighted by Gasteiger charge is 2.36. The van der Waals surface area contributed by atoms with Crippen molar-refractivity contribution in [2.75, 3.05) is 19.6 Å². The van der Waals surface area contributed by atoms with Gasteiger partial charge in [-0.05, 0) is 120 Å². The first-order valence-corrected chi connectivity index (χ1v) is 28.8. The molecule has 0 saturated carbocycles. The molecule has 1 aromatic heterocycles. The summed E-state index contributed by atoms with van der Waals surface area (Å²) in [6, 6.07) is -7.38. The Balaban J connectivity index is 2.63. The lowest BCUT2D eigenvalue weighted by atomic mass is 10.00. The predicted molar refractivity (Wildman–Crippen MR) is 315 cm³/mol. The van der Waals surface area contributed by atoms with Crippen LogP contribution in [0.4, 0.5) is 0 Å². The highest BCUT2D eigenvalue weighted by molar-refractivity contribution is 5.98. The predicted octanol–water partition coefficient (Wildman–Crippen LogP) is -3.28. The number of imidazole rings is 1. The van der Waals surface area contributed by atoms with Gasteiger partial charge in [0.15, 0.2) is 5.96 Å². The van der Waals surface area contributed by atoms with Crippen LogP contribution in [0.2, 0.25) is 0 Å². The van der Waals surface area contributed by atoms with Crippen LogP contribution in [0.25, 0.3) is 0 Å². The molecule has 2 aromatic rings. The third-order valence-electron chi connectivity index (χ3n) is 13.3. The van der Waals surface area contributed by atoms with E-state index in [1.807, 2.05) is 27.7 Å². The Hall–Kier alpha value is -8.45. The fraction of sp³-hybridized carbons (Fsp3) is 0.618. The number of aromatic hydroxyl groups is 1. The first kappa shape index (κ1) is 73.7. The molecule has 86 heavy (non-hydrogen) atoms. The van der Waals surface area contributed by atoms with E-state index in [1.165, 1.54) is 36.8 Å². The van der Waals surface area contributed by atoms with Crippen molar-refractivity contribution in [1.29, 1.82) is 0 Å². The smallest absolute Gasteiger partial charge is 0.326 e. The second-order valence-electron chi connectivity index (χ2n) is 21.8. The number of nitrogens with two attached hydrogens (primary N) is 6. The number of phenols is 1. The number of aliphatic carboxylic acids is 2. The summed E-state index contributed by atoms with van der Waals surface area (Å²) in [5, 5.41) is 50.2. The third kappa shape index (κ3) is 29.4. The fourth-order valence-electron chi connectivity index (χ4n) is 8.78. The Kier molecular flexibility index (Phi) is 33.6. The van der Waals surface area contributed by atoms with Crippen molar-refractivity contribution >= 4 is 71.1 Å². The number of aromatic amines is 1. The van der Waals surface area contributed by atoms with Crippen LogP contribution in [0.5, 0.6) is 5.75 Å². The van der Waals surface area contributed by atoms with Gasteiger partial charge < -0.3 is 97.2 Å². The van der Waals surface area contributed by atoms with Crippen molar-refractivity contribution in [3.8, 4) is 5.75 Å². The molecule has 0 saturated heterocycles. The van der Waals surface area contributed by atoms with Gasteiger partial charge in [-0.25, -0.2) is 9.78 Å². The zero-order chi connectivity index (χ0) is 64.5. The third-order valence-corrected chi connectivity index (χ3v) is 13.3. The number of carboxylic acid groups (broad SMARTS) is 2. The maximum Gasteiger partial charge on any atom is 0.326 e. The average Bonchev–Trinajstić information content (AvgIpc) is 4.13. The summed E-state index contributed by atoms with van der Waals surface area (Å²) < 4.78 is 0. The Morgan fingerprint density at radius 3 is 1.38 bits per heavy atom. The average molecular weight is 1210 g/mol. The van der Waals surface area contributed by atoms with Gasteiger partial charge in [0.1, 0.15) is 54.1 Å². The van der Waals surface area contributed by atoms with Crippen LogP contribution in [-0.4, -0.2) is 170 Å². The molecular formula is C55H91N17O14. The van der Waals surface area contributed by atoms with Gasteiger partial charge in [-0.2, -0.15) is 0 Å². The lowest BCUT2D eigenvalue weighted by molar-refractivity contribution is -0.142. The topological polar surface area (TPSA) is 542 Å². The number of aromatic nitrogens is 2. The Morgan fingerprint density at radius 1 is 0.523 bits per heavy atom. The van der Waals surface area contributed by atoms with Gasteiger partial charge in [0.05, 0.1) is 12.4 Å². The van der Waals surface area contributed by atoms with Crippen LogP contribution in [0, 0.1) is 11.8 Å². The largest absolute Gasteiger partial charge is 0.508 e. The van der Waals surface area contributed by atoms with E-state index in [9.17, 15) is 68.1 Å². The van der Waals surface area contributed by atoms with E-state index in [0.29, 0.717) is 37.7 Å². The molecule has 9 amide bonds. The molecule has 2 rings (SSSR count). The highest BCUT2D eigenvalue weighted by atomic mass is 16.4. The van der Waals surface area contributed by atoms with E-state index in [2.05, 4.69) is 57.5 Å². The Morgan fingerprint density at radius 2 is 0.942 bits per heavy atom. The molecule has 0 fully saturated rings. The summed E-state index contributed by atoms with van der Waals surface area (Å²) in [5.41, 5.74) is 34.5. The van der Waals surface area contributed by atoms with Gasteiger partial charge in [0.25, 0.3) is 0 Å². The number of benzene rings is 1. The van der Waals surface area contributed by atoms with E-state index in [-0.39, 0.29) is 93.8 Å². The molecular weight excluding hydrogens is 1120 g/mol. The standard InChI is InChI=1S/C55H91N17O14/c1-30(2)24-35(58)46(77)70-41(25-31(3)4)51(82)66-37(12-9-23-63-55(60)61)47(78)67-39(18-20-45(75)76)50(81)72-43(27-33-28-62-29-64-33)53(84)71-42(26-32-13-15-34(73)16-14-32)52(83)68-38(17-19-44(59)74)49(80)65-36(10-5-7-21-56)48(79)69-40(54(85)86)11-6-8-22-57/h13-16,28-31,35-43,73H,5-12,17-27,56-58H2,1-4H3,(H2,59,74)(H,62,64)(H,65,80)(H,66,82)(H,67,78)(H,68,83)(H,69,79)(H,70,77)(H,71,84)(H,72,81)(H,75,76)(H,85,86)(H4,60,61,63)/t35-,36-,37-,38-,39-,40-,41-,42-,43-/m0/s1. The molecule has 0 bridgehead atoms. The number of unbranched alkanes of at least 4 members (excludes halogenated alkanes) is 2. The number of carbonyl (C=O) groups is 11. The highest BCUT2D eigenvalue weighted by Crippen LogP contribution is 2.15. The molecule has 1 heterocycles. The number of phenolic OH excluding ortho intramolecular Hbond substituents is 1. The first-order valence-electron chi connectivity index (χ1n) is 28.8. The summed E-state index contributed by atoms with van der Waals surface area (Å²) in [7, 11) is 0. The van der Waals surface area contributed by atoms with Gasteiger partial charge in [-0.3, -0.25) is 52.9 Å². The second kappa shape index (κ2) is 39.2. The van der Waals surface area contributed by atoms with Crippen LogP contribution in [0.3, 0.4) is 0 Å². The van der Waals surface area contributed by atoms with Gasteiger partial charge in [-0.1, -0.05) is 39.8 Å². The molecule has 480 valence electrons. The van der Waals surface area contributed by atoms with E-state index >= 15 is 0 Å². The fourth-order valence-corrected chi connectivity index (χ4v) is 8.78. The number of H-pyrrole nitrogens is 1. The maximum absolute atomic E-state index is 14.7. The van der Waals surface area contributed by atoms with E-state index in [1.54, 1.807) is 0 Å². The van der Waals surface area contributed by atoms with E-state index < -0.39 is 145 Å². The van der Waals surface area contributed by atoms with Crippen LogP contribution in [0.15, 0.2) is 41.8 Å². The van der Waals surface area contributed by atoms with Crippen LogP contribution in [-0.2, 0) is 65.6 Å². The summed E-state index contributed by atoms with van der Waals surface area (Å²) in [4.78, 5) is 160. The van der Waals surface area contributed by atoms with Crippen LogP contribution >= 0.6 is 0 Å². The van der Waals surface area contributed by atoms with Gasteiger partial charge in [0.2, 0.25) is 53.2 Å². The molecule has 1 aromatic carbocycles. The van der Waals surface area contributed by atoms with Crippen molar-refractivity contribution in [2.24, 2.45) is 51.2 Å². The normalized spacial score (nSPS) is 14.3. The number of carbonyl (C=O) groups excluding carboxylic acids is 9. The molecule has 0 aliphatic heterocycles. The zero-order valence-electron chi connectivity index (χ0n) is 49.4. The molecule has 31 heteroatoms. The van der Waals surface area contributed by atoms with E-state index in [0.717, 1.165) is 0 Å². The van der Waals surface area contributed by atoms with Crippen molar-refractivity contribution < 1.29 is 68.1 Å². The quantitative estimate of drug-likeness (QED) is 0.0176. The molecule has 0 unspecified atom stereocenters. The molecule has 0 aliphatic carbocycles. The number of aliphatic imine (C=N–C) groups is 1. The minimum atomic E-state index is -1.71. The summed E-state index contributed by atoms with van der Waals surface area (Å²) >= 11 is 0. The van der Waals surface area contributed by atoms with E-state index in [4.69, 9.17) is 34.4 Å². The van der Waals surface area contributed by atoms with Crippen LogP contribution in [0.1, 0.15) is 129 Å². The van der Waals surface area contributed by atoms with Gasteiger partial charge in [-0.15, -0.1) is 0 Å². The maximum atomic E-state index is 14.7. The Bertz CT molecular complexity index is 2550. The molecule has 0 radical (unpaired) electrons. The number of carboxylic acids is 2. The molecule has 0 spiro atoms. The molecule has 24 N–H and O–H groups in total. The number of hydrogen-bond donors (Lipinski definition) is 18. The number of primary amides is 1. The van der Waals surface area contributed by atoms with Crippen molar-refractivity contribution in [3.63, 3.8) is 0 Å². The number of hydrogen-bond acceptors (Lipinski definition) is 17. The monoisotopic (exact) mass is 1210 g/mol. The summed E-state index contributed by atoms with van der Waals surface area (Å²) in [6.07, 6.45) is 1.78. The Labute approximate surface area is 499 Å². The summed E-state index contributed by atoms with van der Waals surface area (Å²) in [6.45, 7) is 7.87.